The number of benzene rings is 1. The number of hydrogen-bond donors (Lipinski definition) is 1. The highest BCUT2D eigenvalue weighted by Crippen LogP contribution is 2.16. The van der Waals surface area contributed by atoms with E-state index in [1.165, 1.54) is 96.3 Å². The molecule has 1 aromatic rings. The third-order valence-corrected chi connectivity index (χ3v) is 8.21. The van der Waals surface area contributed by atoms with Crippen LogP contribution in [0.2, 0.25) is 0 Å². The Morgan fingerprint density at radius 2 is 1.12 bits per heavy atom. The van der Waals surface area contributed by atoms with Gasteiger partial charge >= 0.3 is 0 Å². The lowest BCUT2D eigenvalue weighted by molar-refractivity contribution is -0.122. The minimum atomic E-state index is -3.78. The van der Waals surface area contributed by atoms with Crippen LogP contribution in [0.25, 0.3) is 0 Å². The van der Waals surface area contributed by atoms with Gasteiger partial charge < -0.3 is 0 Å². The summed E-state index contributed by atoms with van der Waals surface area (Å²) in [5, 5.41) is 0. The van der Waals surface area contributed by atoms with Gasteiger partial charge in [-0.15, -0.1) is 0 Å². The van der Waals surface area contributed by atoms with Crippen LogP contribution in [0.15, 0.2) is 29.2 Å². The first-order chi connectivity index (χ1) is 16.4. The highest BCUT2D eigenvalue weighted by Gasteiger charge is 2.20. The summed E-state index contributed by atoms with van der Waals surface area (Å²) in [4.78, 5) is 12.1. The summed E-state index contributed by atoms with van der Waals surface area (Å²) < 4.78 is 26.9. The van der Waals surface area contributed by atoms with E-state index in [1.54, 1.807) is 19.1 Å². The number of amides is 1. The molecule has 0 aliphatic rings. The van der Waals surface area contributed by atoms with E-state index < -0.39 is 15.9 Å². The fourth-order valence-corrected chi connectivity index (χ4v) is 5.27. The fraction of sp³-hybridized carbons (Fsp3) is 0.759. The zero-order valence-electron chi connectivity index (χ0n) is 22.2. The summed E-state index contributed by atoms with van der Waals surface area (Å²) in [6.07, 6.45) is 23.4. The molecule has 4 nitrogen and oxygen atoms in total. The Bertz CT molecular complexity index is 743. The van der Waals surface area contributed by atoms with Crippen molar-refractivity contribution in [2.45, 2.75) is 141 Å². The Morgan fingerprint density at radius 3 is 1.53 bits per heavy atom. The molecule has 0 aliphatic carbocycles. The molecule has 0 fully saturated rings. The van der Waals surface area contributed by atoms with Gasteiger partial charge in [-0.2, -0.15) is 0 Å². The maximum absolute atomic E-state index is 12.4. The average molecular weight is 494 g/mol. The van der Waals surface area contributed by atoms with Crippen LogP contribution >= 0.6 is 0 Å². The Labute approximate surface area is 210 Å². The van der Waals surface area contributed by atoms with Crippen LogP contribution in [-0.2, 0) is 21.2 Å². The molecule has 0 saturated heterocycles. The van der Waals surface area contributed by atoms with Crippen LogP contribution in [-0.4, -0.2) is 14.3 Å². The van der Waals surface area contributed by atoms with Crippen molar-refractivity contribution in [3.63, 3.8) is 0 Å². The number of carbonyl (C=O) groups excluding carboxylic acids is 1. The highest BCUT2D eigenvalue weighted by atomic mass is 32.2. The molecule has 1 amide bonds. The molecule has 0 heterocycles. The molecule has 0 saturated carbocycles. The number of rotatable bonds is 21. The van der Waals surface area contributed by atoms with E-state index in [0.29, 0.717) is 6.42 Å². The van der Waals surface area contributed by atoms with E-state index in [1.807, 2.05) is 19.1 Å². The fourth-order valence-electron chi connectivity index (χ4n) is 4.19. The lowest BCUT2D eigenvalue weighted by Gasteiger charge is -2.11. The van der Waals surface area contributed by atoms with Crippen LogP contribution in [0.3, 0.4) is 0 Å². The largest absolute Gasteiger partial charge is 0.274 e. The minimum absolute atomic E-state index is 0.153. The van der Waals surface area contributed by atoms with Gasteiger partial charge in [-0.05, 0) is 37.0 Å². The van der Waals surface area contributed by atoms with Crippen molar-refractivity contribution in [3.8, 4) is 0 Å². The molecule has 5 heteroatoms. The van der Waals surface area contributed by atoms with Crippen molar-refractivity contribution in [1.82, 2.24) is 4.72 Å². The molecule has 0 bridgehead atoms. The van der Waals surface area contributed by atoms with Gasteiger partial charge in [-0.1, -0.05) is 129 Å². The number of aryl methyl sites for hydroxylation is 1. The molecular weight excluding hydrogens is 442 g/mol. The van der Waals surface area contributed by atoms with E-state index in [0.717, 1.165) is 18.4 Å². The first-order valence-electron chi connectivity index (χ1n) is 14.1. The highest BCUT2D eigenvalue weighted by molar-refractivity contribution is 7.90. The van der Waals surface area contributed by atoms with E-state index >= 15 is 0 Å². The predicted molar refractivity (Wildman–Crippen MR) is 144 cm³/mol. The molecule has 0 radical (unpaired) electrons. The summed E-state index contributed by atoms with van der Waals surface area (Å²) in [6, 6.07) is 6.95. The van der Waals surface area contributed by atoms with Crippen molar-refractivity contribution in [3.05, 3.63) is 29.8 Å². The topological polar surface area (TPSA) is 63.2 Å². The van der Waals surface area contributed by atoms with Crippen LogP contribution < -0.4 is 4.72 Å². The third kappa shape index (κ3) is 14.1. The summed E-state index contributed by atoms with van der Waals surface area (Å²) in [5.41, 5.74) is 1.15. The van der Waals surface area contributed by atoms with E-state index in [2.05, 4.69) is 11.6 Å². The zero-order chi connectivity index (χ0) is 25.1. The van der Waals surface area contributed by atoms with E-state index in [-0.39, 0.29) is 10.8 Å². The molecule has 0 aromatic heterocycles. The number of carbonyl (C=O) groups is 1. The number of sulfonamides is 1. The molecular formula is C29H51NO3S. The lowest BCUT2D eigenvalue weighted by Crippen LogP contribution is -2.34. The summed E-state index contributed by atoms with van der Waals surface area (Å²) in [5.74, 6) is -0.760. The van der Waals surface area contributed by atoms with Crippen molar-refractivity contribution >= 4 is 15.9 Å². The van der Waals surface area contributed by atoms with Crippen LogP contribution in [0, 0.1) is 5.92 Å². The molecule has 196 valence electrons. The van der Waals surface area contributed by atoms with Gasteiger partial charge in [-0.25, -0.2) is 13.1 Å². The Hall–Kier alpha value is -1.36. The van der Waals surface area contributed by atoms with Crippen molar-refractivity contribution in [2.24, 2.45) is 5.92 Å². The Balaban J connectivity index is 2.05. The average Bonchev–Trinajstić information content (AvgIpc) is 2.83. The van der Waals surface area contributed by atoms with Crippen LogP contribution in [0.4, 0.5) is 0 Å². The quantitative estimate of drug-likeness (QED) is 0.175. The summed E-state index contributed by atoms with van der Waals surface area (Å²) >= 11 is 0. The maximum Gasteiger partial charge on any atom is 0.264 e. The van der Waals surface area contributed by atoms with Gasteiger partial charge in [-0.3, -0.25) is 4.79 Å². The summed E-state index contributed by atoms with van der Waals surface area (Å²) in [7, 11) is -3.78. The van der Waals surface area contributed by atoms with E-state index in [4.69, 9.17) is 0 Å². The van der Waals surface area contributed by atoms with Gasteiger partial charge in [0.25, 0.3) is 10.0 Å². The molecule has 34 heavy (non-hydrogen) atoms. The number of nitrogens with one attached hydrogen (secondary N) is 1. The molecule has 1 atom stereocenters. The number of unbranched alkanes of at least 4 members (excludes halogenated alkanes) is 15. The molecule has 0 aliphatic heterocycles. The lowest BCUT2D eigenvalue weighted by atomic mass is 10.0. The van der Waals surface area contributed by atoms with Gasteiger partial charge in [0.05, 0.1) is 4.90 Å². The Kier molecular flexibility index (Phi) is 17.1. The van der Waals surface area contributed by atoms with Gasteiger partial charge in [0.2, 0.25) is 5.91 Å². The predicted octanol–water partition coefficient (Wildman–Crippen LogP) is 8.34. The minimum Gasteiger partial charge on any atom is -0.274 e. The molecule has 1 unspecified atom stereocenters. The molecule has 1 aromatic carbocycles. The summed E-state index contributed by atoms with van der Waals surface area (Å²) in [6.45, 7) is 5.87. The number of hydrogen-bond acceptors (Lipinski definition) is 3. The van der Waals surface area contributed by atoms with Crippen molar-refractivity contribution in [2.75, 3.05) is 0 Å². The second kappa shape index (κ2) is 18.9. The van der Waals surface area contributed by atoms with Gasteiger partial charge in [0.15, 0.2) is 0 Å². The second-order valence-electron chi connectivity index (χ2n) is 9.98. The second-order valence-corrected chi connectivity index (χ2v) is 11.7. The van der Waals surface area contributed by atoms with Gasteiger partial charge in [0.1, 0.15) is 0 Å². The maximum atomic E-state index is 12.4. The zero-order valence-corrected chi connectivity index (χ0v) is 23.1. The Morgan fingerprint density at radius 1 is 0.706 bits per heavy atom. The first-order valence-corrected chi connectivity index (χ1v) is 15.5. The van der Waals surface area contributed by atoms with Crippen LogP contribution in [0.1, 0.15) is 135 Å². The first kappa shape index (κ1) is 30.7. The van der Waals surface area contributed by atoms with Gasteiger partial charge in [0, 0.05) is 5.92 Å². The molecule has 1 N–H and O–H groups in total. The standard InChI is InChI=1S/C29H51NO3S/c1-4-6-7-8-9-10-11-12-13-14-15-16-17-18-19-20-21-27-22-24-28(25-23-27)34(32,33)30-29(31)26(3)5-2/h22-26H,4-21H2,1-3H3,(H,30,31). The normalized spacial score (nSPS) is 12.6. The monoisotopic (exact) mass is 493 g/mol. The van der Waals surface area contributed by atoms with Crippen molar-refractivity contribution in [1.29, 1.82) is 0 Å². The molecule has 0 spiro atoms. The third-order valence-electron chi connectivity index (χ3n) is 6.85. The SMILES string of the molecule is CCCCCCCCCCCCCCCCCCc1ccc(S(=O)(=O)NC(=O)C(C)CC)cc1. The van der Waals surface area contributed by atoms with E-state index in [9.17, 15) is 13.2 Å². The van der Waals surface area contributed by atoms with Crippen LogP contribution in [0.5, 0.6) is 0 Å². The smallest absolute Gasteiger partial charge is 0.264 e. The molecule has 1 rings (SSSR count). The van der Waals surface area contributed by atoms with Crippen molar-refractivity contribution < 1.29 is 13.2 Å².